The fourth-order valence-corrected chi connectivity index (χ4v) is 2.75. The average Bonchev–Trinajstić information content (AvgIpc) is 2.59. The van der Waals surface area contributed by atoms with E-state index in [9.17, 15) is 9.59 Å². The molecule has 0 amide bonds. The lowest BCUT2D eigenvalue weighted by Gasteiger charge is -2.20. The maximum Gasteiger partial charge on any atom is 0.306 e. The van der Waals surface area contributed by atoms with Crippen molar-refractivity contribution in [3.05, 3.63) is 71.3 Å². The first-order chi connectivity index (χ1) is 12.1. The van der Waals surface area contributed by atoms with Gasteiger partial charge in [-0.2, -0.15) is 0 Å². The van der Waals surface area contributed by atoms with Crippen LogP contribution in [0.15, 0.2) is 54.6 Å². The molecule has 0 saturated carbocycles. The third-order valence-electron chi connectivity index (χ3n) is 4.09. The van der Waals surface area contributed by atoms with E-state index in [0.29, 0.717) is 19.3 Å². The van der Waals surface area contributed by atoms with Gasteiger partial charge in [0.1, 0.15) is 6.10 Å². The van der Waals surface area contributed by atoms with Gasteiger partial charge in [0, 0.05) is 19.3 Å². The first-order valence-electron chi connectivity index (χ1n) is 8.57. The van der Waals surface area contributed by atoms with Crippen molar-refractivity contribution in [2.45, 2.75) is 45.1 Å². The Morgan fingerprint density at radius 3 is 2.28 bits per heavy atom. The summed E-state index contributed by atoms with van der Waals surface area (Å²) < 4.78 is 5.74. The van der Waals surface area contributed by atoms with Gasteiger partial charge in [0.05, 0.1) is 0 Å². The van der Waals surface area contributed by atoms with Gasteiger partial charge in [-0.15, -0.1) is 0 Å². The number of hydrogen-bond donors (Lipinski definition) is 1. The summed E-state index contributed by atoms with van der Waals surface area (Å²) >= 11 is 0. The SMILES string of the molecule is Cc1ccccc1C(Cc1ccccc1)OC(=O)CCCCC(=O)O. The third-order valence-corrected chi connectivity index (χ3v) is 4.09. The molecule has 0 aromatic heterocycles. The minimum absolute atomic E-state index is 0.0819. The van der Waals surface area contributed by atoms with E-state index in [2.05, 4.69) is 0 Å². The number of aliphatic carboxylic acids is 1. The summed E-state index contributed by atoms with van der Waals surface area (Å²) in [4.78, 5) is 22.7. The second kappa shape index (κ2) is 9.62. The molecule has 0 heterocycles. The number of carboxylic acid groups (broad SMARTS) is 1. The molecule has 4 nitrogen and oxygen atoms in total. The highest BCUT2D eigenvalue weighted by molar-refractivity contribution is 5.70. The van der Waals surface area contributed by atoms with Gasteiger partial charge in [0.15, 0.2) is 0 Å². The first-order valence-corrected chi connectivity index (χ1v) is 8.57. The molecule has 0 aliphatic carbocycles. The molecule has 0 spiro atoms. The normalized spacial score (nSPS) is 11.7. The maximum atomic E-state index is 12.2. The molecular weight excluding hydrogens is 316 g/mol. The Morgan fingerprint density at radius 2 is 1.60 bits per heavy atom. The molecule has 0 fully saturated rings. The number of carbonyl (C=O) groups is 2. The molecule has 0 radical (unpaired) electrons. The molecule has 0 bridgehead atoms. The minimum atomic E-state index is -0.838. The standard InChI is InChI=1S/C21H24O4/c1-16-9-5-6-12-18(16)19(15-17-10-3-2-4-11-17)25-21(24)14-8-7-13-20(22)23/h2-6,9-12,19H,7-8,13-15H2,1H3,(H,22,23). The highest BCUT2D eigenvalue weighted by Crippen LogP contribution is 2.26. The van der Waals surface area contributed by atoms with Crippen LogP contribution in [0.4, 0.5) is 0 Å². The molecule has 2 aromatic carbocycles. The lowest BCUT2D eigenvalue weighted by molar-refractivity contribution is -0.150. The van der Waals surface area contributed by atoms with E-state index in [1.807, 2.05) is 61.5 Å². The van der Waals surface area contributed by atoms with E-state index in [0.717, 1.165) is 16.7 Å². The van der Waals surface area contributed by atoms with Gasteiger partial charge in [0.25, 0.3) is 0 Å². The molecule has 2 rings (SSSR count). The maximum absolute atomic E-state index is 12.2. The Bertz CT molecular complexity index is 694. The zero-order valence-electron chi connectivity index (χ0n) is 14.5. The Balaban J connectivity index is 2.03. The molecule has 0 saturated heterocycles. The van der Waals surface area contributed by atoms with Crippen LogP contribution < -0.4 is 0 Å². The van der Waals surface area contributed by atoms with E-state index in [-0.39, 0.29) is 24.9 Å². The van der Waals surface area contributed by atoms with E-state index >= 15 is 0 Å². The number of rotatable bonds is 9. The number of ether oxygens (including phenoxy) is 1. The first kappa shape index (κ1) is 18.7. The van der Waals surface area contributed by atoms with Crippen LogP contribution in [0.2, 0.25) is 0 Å². The molecule has 0 aliphatic heterocycles. The van der Waals surface area contributed by atoms with Crippen molar-refractivity contribution in [3.8, 4) is 0 Å². The summed E-state index contributed by atoms with van der Waals surface area (Å²) in [5.41, 5.74) is 3.20. The average molecular weight is 340 g/mol. The van der Waals surface area contributed by atoms with Crippen LogP contribution >= 0.6 is 0 Å². The fourth-order valence-electron chi connectivity index (χ4n) is 2.75. The Kier molecular flexibility index (Phi) is 7.20. The van der Waals surface area contributed by atoms with Gasteiger partial charge >= 0.3 is 11.9 Å². The number of carbonyl (C=O) groups excluding carboxylic acids is 1. The van der Waals surface area contributed by atoms with Crippen molar-refractivity contribution >= 4 is 11.9 Å². The monoisotopic (exact) mass is 340 g/mol. The van der Waals surface area contributed by atoms with Gasteiger partial charge in [0.2, 0.25) is 0 Å². The van der Waals surface area contributed by atoms with Crippen molar-refractivity contribution < 1.29 is 19.4 Å². The quantitative estimate of drug-likeness (QED) is 0.540. The number of benzene rings is 2. The van der Waals surface area contributed by atoms with Gasteiger partial charge in [-0.25, -0.2) is 0 Å². The summed E-state index contributed by atoms with van der Waals surface area (Å²) in [7, 11) is 0. The number of aryl methyl sites for hydroxylation is 1. The molecule has 0 aliphatic rings. The summed E-state index contributed by atoms with van der Waals surface area (Å²) in [6.45, 7) is 2.01. The van der Waals surface area contributed by atoms with Crippen LogP contribution in [-0.4, -0.2) is 17.0 Å². The highest BCUT2D eigenvalue weighted by atomic mass is 16.5. The molecule has 1 N–H and O–H groups in total. The second-order valence-corrected chi connectivity index (χ2v) is 6.13. The molecular formula is C21H24O4. The highest BCUT2D eigenvalue weighted by Gasteiger charge is 2.19. The van der Waals surface area contributed by atoms with Crippen molar-refractivity contribution in [2.75, 3.05) is 0 Å². The lowest BCUT2D eigenvalue weighted by atomic mass is 9.97. The zero-order valence-corrected chi connectivity index (χ0v) is 14.5. The third kappa shape index (κ3) is 6.42. The van der Waals surface area contributed by atoms with Crippen LogP contribution in [-0.2, 0) is 20.7 Å². The molecule has 4 heteroatoms. The lowest BCUT2D eigenvalue weighted by Crippen LogP contribution is -2.15. The number of carboxylic acids is 1. The smallest absolute Gasteiger partial charge is 0.306 e. The molecule has 1 unspecified atom stereocenters. The van der Waals surface area contributed by atoms with Gasteiger partial charge < -0.3 is 9.84 Å². The van der Waals surface area contributed by atoms with E-state index in [1.165, 1.54) is 0 Å². The largest absolute Gasteiger partial charge is 0.481 e. The van der Waals surface area contributed by atoms with Crippen molar-refractivity contribution in [2.24, 2.45) is 0 Å². The summed E-state index contributed by atoms with van der Waals surface area (Å²) in [6, 6.07) is 17.8. The molecule has 2 aromatic rings. The number of unbranched alkanes of at least 4 members (excludes halogenated alkanes) is 1. The molecule has 1 atom stereocenters. The topological polar surface area (TPSA) is 63.6 Å². The number of esters is 1. The van der Waals surface area contributed by atoms with Crippen LogP contribution in [0.25, 0.3) is 0 Å². The van der Waals surface area contributed by atoms with E-state index in [4.69, 9.17) is 9.84 Å². The van der Waals surface area contributed by atoms with Gasteiger partial charge in [-0.1, -0.05) is 54.6 Å². The van der Waals surface area contributed by atoms with E-state index < -0.39 is 5.97 Å². The predicted molar refractivity (Wildman–Crippen MR) is 96.3 cm³/mol. The Labute approximate surface area is 148 Å². The summed E-state index contributed by atoms with van der Waals surface area (Å²) in [5, 5.41) is 8.65. The summed E-state index contributed by atoms with van der Waals surface area (Å²) in [6.07, 6.45) is 1.61. The second-order valence-electron chi connectivity index (χ2n) is 6.13. The predicted octanol–water partition coefficient (Wildman–Crippen LogP) is 4.47. The van der Waals surface area contributed by atoms with Crippen molar-refractivity contribution in [1.29, 1.82) is 0 Å². The van der Waals surface area contributed by atoms with E-state index in [1.54, 1.807) is 0 Å². The minimum Gasteiger partial charge on any atom is -0.481 e. The fraction of sp³-hybridized carbons (Fsp3) is 0.333. The molecule has 25 heavy (non-hydrogen) atoms. The van der Waals surface area contributed by atoms with Crippen molar-refractivity contribution in [1.82, 2.24) is 0 Å². The van der Waals surface area contributed by atoms with Crippen LogP contribution in [0.5, 0.6) is 0 Å². The van der Waals surface area contributed by atoms with Gasteiger partial charge in [-0.05, 0) is 36.5 Å². The summed E-state index contributed by atoms with van der Waals surface area (Å²) in [5.74, 6) is -1.12. The zero-order chi connectivity index (χ0) is 18.1. The van der Waals surface area contributed by atoms with Crippen LogP contribution in [0, 0.1) is 6.92 Å². The van der Waals surface area contributed by atoms with Gasteiger partial charge in [-0.3, -0.25) is 9.59 Å². The Hall–Kier alpha value is -2.62. The van der Waals surface area contributed by atoms with Crippen LogP contribution in [0.3, 0.4) is 0 Å². The van der Waals surface area contributed by atoms with Crippen molar-refractivity contribution in [3.63, 3.8) is 0 Å². The van der Waals surface area contributed by atoms with Crippen LogP contribution in [0.1, 0.15) is 48.5 Å². The Morgan fingerprint density at radius 1 is 0.960 bits per heavy atom. The molecule has 132 valence electrons. The number of hydrogen-bond acceptors (Lipinski definition) is 3.